The van der Waals surface area contributed by atoms with Crippen LogP contribution in [0.5, 0.6) is 0 Å². The van der Waals surface area contributed by atoms with Crippen LogP contribution in [0.3, 0.4) is 0 Å². The van der Waals surface area contributed by atoms with Gasteiger partial charge in [-0.25, -0.2) is 0 Å². The van der Waals surface area contributed by atoms with E-state index >= 15 is 0 Å². The molecule has 0 bridgehead atoms. The fourth-order valence-corrected chi connectivity index (χ4v) is 4.32. The first-order valence-electron chi connectivity index (χ1n) is 9.18. The summed E-state index contributed by atoms with van der Waals surface area (Å²) in [6.07, 6.45) is 0. The van der Waals surface area contributed by atoms with Gasteiger partial charge in [0.25, 0.3) is 5.91 Å². The molecule has 152 valence electrons. The smallest absolute Gasteiger partial charge is 0.251 e. The molecule has 1 N–H and O–H groups in total. The third-order valence-corrected chi connectivity index (χ3v) is 6.16. The molecule has 1 heterocycles. The molecular formula is C21H22Cl2N4OS. The SMILES string of the molecule is CC(C)C(NC(=O)c1ccccc1)c1nnc(SCc2ccc(Cl)cc2Cl)n1C. The summed E-state index contributed by atoms with van der Waals surface area (Å²) in [6, 6.07) is 14.4. The Labute approximate surface area is 184 Å². The number of nitrogens with zero attached hydrogens (tertiary/aromatic N) is 3. The van der Waals surface area contributed by atoms with Crippen LogP contribution in [0.15, 0.2) is 53.7 Å². The first-order valence-corrected chi connectivity index (χ1v) is 10.9. The van der Waals surface area contributed by atoms with Gasteiger partial charge in [-0.05, 0) is 35.7 Å². The summed E-state index contributed by atoms with van der Waals surface area (Å²) in [6.45, 7) is 4.09. The molecule has 0 aliphatic heterocycles. The van der Waals surface area contributed by atoms with Gasteiger partial charge in [0.1, 0.15) is 0 Å². The molecule has 0 fully saturated rings. The van der Waals surface area contributed by atoms with E-state index in [1.165, 1.54) is 11.8 Å². The molecule has 2 aromatic carbocycles. The topological polar surface area (TPSA) is 59.8 Å². The van der Waals surface area contributed by atoms with Gasteiger partial charge >= 0.3 is 0 Å². The van der Waals surface area contributed by atoms with Gasteiger partial charge in [-0.1, -0.05) is 73.1 Å². The van der Waals surface area contributed by atoms with Crippen LogP contribution < -0.4 is 5.32 Å². The quantitative estimate of drug-likeness (QED) is 0.481. The number of hydrogen-bond acceptors (Lipinski definition) is 4. The highest BCUT2D eigenvalue weighted by Crippen LogP contribution is 2.29. The van der Waals surface area contributed by atoms with E-state index in [2.05, 4.69) is 15.5 Å². The zero-order valence-electron chi connectivity index (χ0n) is 16.4. The molecule has 8 heteroatoms. The number of benzene rings is 2. The number of rotatable bonds is 7. The van der Waals surface area contributed by atoms with E-state index in [-0.39, 0.29) is 17.9 Å². The first kappa shape index (κ1) is 21.7. The van der Waals surface area contributed by atoms with Crippen LogP contribution in [0.1, 0.15) is 41.6 Å². The molecule has 29 heavy (non-hydrogen) atoms. The Bertz CT molecular complexity index is 992. The summed E-state index contributed by atoms with van der Waals surface area (Å²) in [5.74, 6) is 1.38. The van der Waals surface area contributed by atoms with Crippen molar-refractivity contribution in [2.24, 2.45) is 13.0 Å². The lowest BCUT2D eigenvalue weighted by Gasteiger charge is -2.21. The Hall–Kier alpha value is -2.02. The van der Waals surface area contributed by atoms with Gasteiger partial charge < -0.3 is 9.88 Å². The van der Waals surface area contributed by atoms with Crippen molar-refractivity contribution in [3.8, 4) is 0 Å². The number of nitrogens with one attached hydrogen (secondary N) is 1. The fraction of sp³-hybridized carbons (Fsp3) is 0.286. The number of carbonyl (C=O) groups is 1. The molecule has 5 nitrogen and oxygen atoms in total. The fourth-order valence-electron chi connectivity index (χ4n) is 2.85. The van der Waals surface area contributed by atoms with E-state index < -0.39 is 0 Å². The van der Waals surface area contributed by atoms with Gasteiger partial charge in [0.15, 0.2) is 11.0 Å². The molecule has 0 saturated heterocycles. The van der Waals surface area contributed by atoms with Gasteiger partial charge in [0, 0.05) is 28.4 Å². The first-order chi connectivity index (χ1) is 13.9. The highest BCUT2D eigenvalue weighted by molar-refractivity contribution is 7.98. The molecule has 0 radical (unpaired) electrons. The predicted octanol–water partition coefficient (Wildman–Crippen LogP) is 5.54. The van der Waals surface area contributed by atoms with Crippen LogP contribution in [0.4, 0.5) is 0 Å². The monoisotopic (exact) mass is 448 g/mol. The van der Waals surface area contributed by atoms with E-state index in [0.29, 0.717) is 27.2 Å². The number of carbonyl (C=O) groups excluding carboxylic acids is 1. The number of thioether (sulfide) groups is 1. The maximum atomic E-state index is 12.6. The molecule has 3 aromatic rings. The van der Waals surface area contributed by atoms with Crippen molar-refractivity contribution < 1.29 is 4.79 Å². The third kappa shape index (κ3) is 5.32. The summed E-state index contributed by atoms with van der Waals surface area (Å²) in [7, 11) is 1.91. The molecule has 0 saturated carbocycles. The van der Waals surface area contributed by atoms with Crippen molar-refractivity contribution in [3.05, 3.63) is 75.5 Å². The largest absolute Gasteiger partial charge is 0.342 e. The summed E-state index contributed by atoms with van der Waals surface area (Å²) in [5.41, 5.74) is 1.59. The number of amides is 1. The average molecular weight is 449 g/mol. The van der Waals surface area contributed by atoms with Crippen molar-refractivity contribution in [2.75, 3.05) is 0 Å². The number of aromatic nitrogens is 3. The predicted molar refractivity (Wildman–Crippen MR) is 119 cm³/mol. The zero-order chi connectivity index (χ0) is 21.0. The molecule has 1 atom stereocenters. The maximum Gasteiger partial charge on any atom is 0.251 e. The maximum absolute atomic E-state index is 12.6. The second-order valence-corrected chi connectivity index (χ2v) is 8.77. The Morgan fingerprint density at radius 3 is 2.52 bits per heavy atom. The Kier molecular flexibility index (Phi) is 7.22. The highest BCUT2D eigenvalue weighted by atomic mass is 35.5. The van der Waals surface area contributed by atoms with Crippen LogP contribution in [-0.4, -0.2) is 20.7 Å². The Morgan fingerprint density at radius 2 is 1.86 bits per heavy atom. The lowest BCUT2D eigenvalue weighted by Crippen LogP contribution is -2.33. The van der Waals surface area contributed by atoms with Gasteiger partial charge in [0.2, 0.25) is 0 Å². The molecule has 3 rings (SSSR count). The molecule has 1 unspecified atom stereocenters. The molecule has 1 aromatic heterocycles. The lowest BCUT2D eigenvalue weighted by molar-refractivity contribution is 0.0922. The van der Waals surface area contributed by atoms with Crippen LogP contribution in [0, 0.1) is 5.92 Å². The van der Waals surface area contributed by atoms with Crippen molar-refractivity contribution in [1.29, 1.82) is 0 Å². The second-order valence-electron chi connectivity index (χ2n) is 6.99. The van der Waals surface area contributed by atoms with E-state index in [1.54, 1.807) is 18.2 Å². The number of halogens is 2. The normalized spacial score (nSPS) is 12.2. The summed E-state index contributed by atoms with van der Waals surface area (Å²) in [4.78, 5) is 12.6. The second kappa shape index (κ2) is 9.65. The van der Waals surface area contributed by atoms with Crippen LogP contribution in [0.25, 0.3) is 0 Å². The number of hydrogen-bond donors (Lipinski definition) is 1. The molecular weight excluding hydrogens is 427 g/mol. The Balaban J connectivity index is 1.75. The highest BCUT2D eigenvalue weighted by Gasteiger charge is 2.25. The summed E-state index contributed by atoms with van der Waals surface area (Å²) < 4.78 is 1.92. The lowest BCUT2D eigenvalue weighted by atomic mass is 10.0. The standard InChI is InChI=1S/C21H22Cl2N4OS/c1-13(2)18(24-20(28)14-7-5-4-6-8-14)19-25-26-21(27(19)3)29-12-15-9-10-16(22)11-17(15)23/h4-11,13,18H,12H2,1-3H3,(H,24,28). The minimum Gasteiger partial charge on any atom is -0.342 e. The van der Waals surface area contributed by atoms with E-state index in [0.717, 1.165) is 10.7 Å². The van der Waals surface area contributed by atoms with Crippen molar-refractivity contribution in [2.45, 2.75) is 30.8 Å². The molecule has 0 aliphatic carbocycles. The van der Waals surface area contributed by atoms with Gasteiger partial charge in [0.05, 0.1) is 6.04 Å². The van der Waals surface area contributed by atoms with Crippen molar-refractivity contribution >= 4 is 40.9 Å². The molecule has 0 aliphatic rings. The zero-order valence-corrected chi connectivity index (χ0v) is 18.7. The van der Waals surface area contributed by atoms with Crippen molar-refractivity contribution in [1.82, 2.24) is 20.1 Å². The molecule has 1 amide bonds. The van der Waals surface area contributed by atoms with Crippen molar-refractivity contribution in [3.63, 3.8) is 0 Å². The van der Waals surface area contributed by atoms with Gasteiger partial charge in [-0.3, -0.25) is 4.79 Å². The molecule has 0 spiro atoms. The van der Waals surface area contributed by atoms with Crippen LogP contribution in [-0.2, 0) is 12.8 Å². The Morgan fingerprint density at radius 1 is 1.14 bits per heavy atom. The van der Waals surface area contributed by atoms with E-state index in [4.69, 9.17) is 23.2 Å². The van der Waals surface area contributed by atoms with Gasteiger partial charge in [-0.2, -0.15) is 0 Å². The van der Waals surface area contributed by atoms with Gasteiger partial charge in [-0.15, -0.1) is 10.2 Å². The van der Waals surface area contributed by atoms with Crippen LogP contribution in [0.2, 0.25) is 10.0 Å². The summed E-state index contributed by atoms with van der Waals surface area (Å²) >= 11 is 13.8. The average Bonchev–Trinajstić information content (AvgIpc) is 3.06. The summed E-state index contributed by atoms with van der Waals surface area (Å²) in [5, 5.41) is 13.8. The van der Waals surface area contributed by atoms with E-state index in [9.17, 15) is 4.79 Å². The third-order valence-electron chi connectivity index (χ3n) is 4.51. The minimum atomic E-state index is -0.256. The minimum absolute atomic E-state index is 0.130. The van der Waals surface area contributed by atoms with Crippen LogP contribution >= 0.6 is 35.0 Å². The van der Waals surface area contributed by atoms with E-state index in [1.807, 2.05) is 55.8 Å².